The number of fused-ring (bicyclic) bond motifs is 1. The minimum absolute atomic E-state index is 0.558. The lowest BCUT2D eigenvalue weighted by atomic mass is 9.84. The van der Waals surface area contributed by atoms with E-state index in [4.69, 9.17) is 10.2 Å². The molecule has 1 heterocycles. The monoisotopic (exact) mass is 444 g/mol. The summed E-state index contributed by atoms with van der Waals surface area (Å²) >= 11 is 1.64. The smallest absolute Gasteiger partial charge is 0.328 e. The van der Waals surface area contributed by atoms with Gasteiger partial charge in [-0.1, -0.05) is 32.0 Å². The Morgan fingerprint density at radius 3 is 2.32 bits per heavy atom. The Balaban J connectivity index is 0.000000366. The van der Waals surface area contributed by atoms with Crippen LogP contribution in [0.4, 0.5) is 0 Å². The Kier molecular flexibility index (Phi) is 9.88. The number of hydrogen-bond acceptors (Lipinski definition) is 5. The molecule has 3 rings (SSSR count). The molecule has 0 spiro atoms. The molecular weight excluding hydrogens is 412 g/mol. The van der Waals surface area contributed by atoms with Crippen molar-refractivity contribution in [3.8, 4) is 10.4 Å². The van der Waals surface area contributed by atoms with Crippen molar-refractivity contribution in [1.29, 1.82) is 0 Å². The SMILES string of the molecule is CCCN(CCC)C1CCc2cccc(-c3cc(C)ns3)c2C1.O=C(O)C=CC(=O)O. The van der Waals surface area contributed by atoms with Crippen LogP contribution in [-0.2, 0) is 22.4 Å². The van der Waals surface area contributed by atoms with E-state index >= 15 is 0 Å². The summed E-state index contributed by atoms with van der Waals surface area (Å²) in [5.41, 5.74) is 5.68. The van der Waals surface area contributed by atoms with Crippen LogP contribution in [-0.4, -0.2) is 50.6 Å². The topological polar surface area (TPSA) is 90.7 Å². The standard InChI is InChI=1S/C20H28N2S.C4H4O4/c1-4-11-22(12-5-2)17-10-9-16-7-6-8-18(19(16)14-17)20-13-15(3)21-23-20;5-3(6)1-2-4(7)8/h6-8,13,17H,4-5,9-12,14H2,1-3H3;1-2H,(H,5,6)(H,7,8). The Morgan fingerprint density at radius 2 is 1.81 bits per heavy atom. The van der Waals surface area contributed by atoms with Crippen LogP contribution in [0.15, 0.2) is 36.4 Å². The Labute approximate surface area is 188 Å². The van der Waals surface area contributed by atoms with Crippen LogP contribution in [0.5, 0.6) is 0 Å². The Hall–Kier alpha value is -2.51. The van der Waals surface area contributed by atoms with Crippen molar-refractivity contribution in [3.63, 3.8) is 0 Å². The van der Waals surface area contributed by atoms with Crippen LogP contribution in [0, 0.1) is 6.92 Å². The van der Waals surface area contributed by atoms with Crippen molar-refractivity contribution in [2.75, 3.05) is 13.1 Å². The molecule has 0 fully saturated rings. The second-order valence-corrected chi connectivity index (χ2v) is 8.52. The molecule has 1 atom stereocenters. The highest BCUT2D eigenvalue weighted by Crippen LogP contribution is 2.35. The van der Waals surface area contributed by atoms with Crippen LogP contribution < -0.4 is 0 Å². The van der Waals surface area contributed by atoms with E-state index in [2.05, 4.69) is 54.3 Å². The van der Waals surface area contributed by atoms with Gasteiger partial charge in [0.2, 0.25) is 0 Å². The predicted octanol–water partition coefficient (Wildman–Crippen LogP) is 4.81. The largest absolute Gasteiger partial charge is 0.478 e. The van der Waals surface area contributed by atoms with Gasteiger partial charge >= 0.3 is 11.9 Å². The summed E-state index contributed by atoms with van der Waals surface area (Å²) in [5, 5.41) is 15.6. The van der Waals surface area contributed by atoms with Crippen LogP contribution in [0.1, 0.15) is 49.9 Å². The van der Waals surface area contributed by atoms with Crippen LogP contribution in [0.2, 0.25) is 0 Å². The number of hydrogen-bond donors (Lipinski definition) is 2. The molecule has 168 valence electrons. The lowest BCUT2D eigenvalue weighted by Gasteiger charge is -2.35. The Bertz CT molecular complexity index is 885. The maximum atomic E-state index is 9.55. The van der Waals surface area contributed by atoms with E-state index in [0.717, 1.165) is 5.69 Å². The molecule has 1 aromatic carbocycles. The maximum absolute atomic E-state index is 9.55. The average molecular weight is 445 g/mol. The van der Waals surface area contributed by atoms with E-state index in [-0.39, 0.29) is 0 Å². The second-order valence-electron chi connectivity index (χ2n) is 7.72. The quantitative estimate of drug-likeness (QED) is 0.568. The zero-order valence-corrected chi connectivity index (χ0v) is 19.3. The fourth-order valence-electron chi connectivity index (χ4n) is 4.00. The van der Waals surface area contributed by atoms with E-state index in [1.165, 1.54) is 55.6 Å². The first kappa shape index (κ1) is 24.8. The molecule has 0 saturated heterocycles. The third kappa shape index (κ3) is 7.60. The highest BCUT2D eigenvalue weighted by atomic mass is 32.1. The Morgan fingerprint density at radius 1 is 1.16 bits per heavy atom. The van der Waals surface area contributed by atoms with Gasteiger partial charge in [-0.15, -0.1) is 0 Å². The third-order valence-corrected chi connectivity index (χ3v) is 6.17. The molecule has 0 radical (unpaired) electrons. The lowest BCUT2D eigenvalue weighted by Crippen LogP contribution is -2.40. The van der Waals surface area contributed by atoms with Gasteiger partial charge in [0.25, 0.3) is 0 Å². The molecule has 1 unspecified atom stereocenters. The number of carboxylic acids is 2. The normalized spacial score (nSPS) is 15.4. The molecule has 0 bridgehead atoms. The summed E-state index contributed by atoms with van der Waals surface area (Å²) in [6.45, 7) is 9.14. The minimum atomic E-state index is -1.26. The second kappa shape index (κ2) is 12.4. The first-order valence-electron chi connectivity index (χ1n) is 10.8. The molecule has 7 heteroatoms. The summed E-state index contributed by atoms with van der Waals surface area (Å²) < 4.78 is 4.49. The number of nitrogens with zero attached hydrogens (tertiary/aromatic N) is 2. The molecule has 1 aromatic heterocycles. The molecule has 0 saturated carbocycles. The molecule has 1 aliphatic rings. The summed E-state index contributed by atoms with van der Waals surface area (Å²) in [7, 11) is 0. The van der Waals surface area contributed by atoms with Crippen molar-refractivity contribution < 1.29 is 19.8 Å². The van der Waals surface area contributed by atoms with Crippen molar-refractivity contribution in [1.82, 2.24) is 9.27 Å². The number of aliphatic carboxylic acids is 2. The van der Waals surface area contributed by atoms with E-state index < -0.39 is 11.9 Å². The highest BCUT2D eigenvalue weighted by Gasteiger charge is 2.25. The number of aromatic nitrogens is 1. The minimum Gasteiger partial charge on any atom is -0.478 e. The summed E-state index contributed by atoms with van der Waals surface area (Å²) in [6.07, 6.45) is 7.33. The average Bonchev–Trinajstić information content (AvgIpc) is 3.18. The number of rotatable bonds is 8. The lowest BCUT2D eigenvalue weighted by molar-refractivity contribution is -0.134. The van der Waals surface area contributed by atoms with Crippen LogP contribution >= 0.6 is 11.5 Å². The van der Waals surface area contributed by atoms with Gasteiger partial charge in [0.1, 0.15) is 0 Å². The third-order valence-electron chi connectivity index (χ3n) is 5.26. The predicted molar refractivity (Wildman–Crippen MR) is 125 cm³/mol. The number of carbonyl (C=O) groups is 2. The summed E-state index contributed by atoms with van der Waals surface area (Å²) in [5.74, 6) is -2.51. The summed E-state index contributed by atoms with van der Waals surface area (Å²) in [6, 6.07) is 9.78. The van der Waals surface area contributed by atoms with Crippen molar-refractivity contribution >= 4 is 23.5 Å². The van der Waals surface area contributed by atoms with Crippen LogP contribution in [0.25, 0.3) is 10.4 Å². The van der Waals surface area contributed by atoms with Crippen molar-refractivity contribution in [2.45, 2.75) is 58.9 Å². The molecule has 2 aromatic rings. The fourth-order valence-corrected chi connectivity index (χ4v) is 4.80. The van der Waals surface area contributed by atoms with Gasteiger partial charge < -0.3 is 15.1 Å². The molecule has 2 N–H and O–H groups in total. The maximum Gasteiger partial charge on any atom is 0.328 e. The first-order chi connectivity index (χ1) is 14.8. The van der Waals surface area contributed by atoms with E-state index in [1.807, 2.05) is 0 Å². The van der Waals surface area contributed by atoms with E-state index in [1.54, 1.807) is 22.7 Å². The van der Waals surface area contributed by atoms with Gasteiger partial charge in [-0.2, -0.15) is 4.37 Å². The number of aryl methyl sites for hydroxylation is 2. The van der Waals surface area contributed by atoms with Gasteiger partial charge in [0.05, 0.1) is 10.6 Å². The molecular formula is C24H32N2O4S. The molecule has 6 nitrogen and oxygen atoms in total. The molecule has 31 heavy (non-hydrogen) atoms. The fraction of sp³-hybridized carbons (Fsp3) is 0.458. The molecule has 0 aliphatic heterocycles. The van der Waals surface area contributed by atoms with Gasteiger partial charge in [-0.25, -0.2) is 9.59 Å². The highest BCUT2D eigenvalue weighted by molar-refractivity contribution is 7.09. The van der Waals surface area contributed by atoms with Gasteiger partial charge in [0, 0.05) is 18.2 Å². The summed E-state index contributed by atoms with van der Waals surface area (Å²) in [4.78, 5) is 23.2. The van der Waals surface area contributed by atoms with Crippen LogP contribution in [0.3, 0.4) is 0 Å². The first-order valence-corrected chi connectivity index (χ1v) is 11.5. The van der Waals surface area contributed by atoms with Crippen molar-refractivity contribution in [2.24, 2.45) is 0 Å². The van der Waals surface area contributed by atoms with Crippen molar-refractivity contribution in [3.05, 3.63) is 53.2 Å². The number of carboxylic acid groups (broad SMARTS) is 2. The zero-order chi connectivity index (χ0) is 22.8. The van der Waals surface area contributed by atoms with Gasteiger partial charge in [0.15, 0.2) is 0 Å². The zero-order valence-electron chi connectivity index (χ0n) is 18.5. The van der Waals surface area contributed by atoms with Gasteiger partial charge in [-0.05, 0) is 86.4 Å². The van der Waals surface area contributed by atoms with E-state index in [0.29, 0.717) is 18.2 Å². The van der Waals surface area contributed by atoms with Gasteiger partial charge in [-0.3, -0.25) is 0 Å². The number of benzene rings is 1. The molecule has 1 aliphatic carbocycles. The molecule has 0 amide bonds. The van der Waals surface area contributed by atoms with E-state index in [9.17, 15) is 9.59 Å².